The van der Waals surface area contributed by atoms with E-state index >= 15 is 0 Å². The topological polar surface area (TPSA) is 38.7 Å². The van der Waals surface area contributed by atoms with Gasteiger partial charge in [-0.15, -0.1) is 0 Å². The standard InChI is InChI=1S/C24H34NO3.HI/c1-25(16-8-5-9-17-25)18-10-15-24(26,20-11-6-4-7-12-20)22-19-21(27-2)13-14-23(22)28-3;/h4,6-7,11-14,19,26H,5,8-10,15-18H2,1-3H3;1H/q+1;/p-1. The maximum atomic E-state index is 12.0. The molecule has 29 heavy (non-hydrogen) atoms. The van der Waals surface area contributed by atoms with E-state index in [2.05, 4.69) is 7.05 Å². The van der Waals surface area contributed by atoms with E-state index in [1.54, 1.807) is 14.2 Å². The Labute approximate surface area is 192 Å². The Kier molecular flexibility index (Phi) is 8.79. The van der Waals surface area contributed by atoms with Gasteiger partial charge in [0.05, 0.1) is 40.9 Å². The van der Waals surface area contributed by atoms with Crippen LogP contribution in [0.1, 0.15) is 43.2 Å². The van der Waals surface area contributed by atoms with Crippen LogP contribution >= 0.6 is 0 Å². The van der Waals surface area contributed by atoms with Crippen LogP contribution in [0.15, 0.2) is 48.5 Å². The van der Waals surface area contributed by atoms with Gasteiger partial charge in [-0.05, 0) is 55.9 Å². The minimum atomic E-state index is -1.11. The van der Waals surface area contributed by atoms with Gasteiger partial charge in [0.25, 0.3) is 0 Å². The summed E-state index contributed by atoms with van der Waals surface area (Å²) in [6.45, 7) is 3.57. The quantitative estimate of drug-likeness (QED) is 0.430. The predicted octanol–water partition coefficient (Wildman–Crippen LogP) is 1.35. The summed E-state index contributed by atoms with van der Waals surface area (Å²) >= 11 is 0. The summed E-state index contributed by atoms with van der Waals surface area (Å²) in [5.74, 6) is 1.41. The molecule has 0 amide bonds. The van der Waals surface area contributed by atoms with E-state index in [1.807, 2.05) is 48.5 Å². The summed E-state index contributed by atoms with van der Waals surface area (Å²) in [4.78, 5) is 0. The maximum absolute atomic E-state index is 12.0. The number of hydrogen-bond donors (Lipinski definition) is 1. The Morgan fingerprint density at radius 2 is 1.66 bits per heavy atom. The van der Waals surface area contributed by atoms with E-state index in [1.165, 1.54) is 32.4 Å². The lowest BCUT2D eigenvalue weighted by molar-refractivity contribution is -0.914. The van der Waals surface area contributed by atoms with Crippen molar-refractivity contribution in [2.75, 3.05) is 40.9 Å². The van der Waals surface area contributed by atoms with Crippen LogP contribution in [0.3, 0.4) is 0 Å². The summed E-state index contributed by atoms with van der Waals surface area (Å²) in [6.07, 6.45) is 5.56. The molecule has 4 nitrogen and oxygen atoms in total. The highest BCUT2D eigenvalue weighted by atomic mass is 127. The zero-order valence-corrected chi connectivity index (χ0v) is 20.0. The molecular weight excluding hydrogens is 477 g/mol. The number of rotatable bonds is 8. The molecule has 1 saturated heterocycles. The molecule has 0 aromatic heterocycles. The lowest BCUT2D eigenvalue weighted by Crippen LogP contribution is -3.00. The highest BCUT2D eigenvalue weighted by Gasteiger charge is 2.36. The van der Waals surface area contributed by atoms with Crippen molar-refractivity contribution in [1.29, 1.82) is 0 Å². The summed E-state index contributed by atoms with van der Waals surface area (Å²) in [5, 5.41) is 12.0. The minimum absolute atomic E-state index is 0. The molecule has 0 radical (unpaired) electrons. The molecule has 1 aliphatic rings. The molecule has 2 aromatic rings. The molecule has 1 fully saturated rings. The second-order valence-corrected chi connectivity index (χ2v) is 8.25. The van der Waals surface area contributed by atoms with Crippen LogP contribution in [-0.4, -0.2) is 50.5 Å². The first-order chi connectivity index (χ1) is 13.5. The average Bonchev–Trinajstić information content (AvgIpc) is 2.74. The number of piperidine rings is 1. The van der Waals surface area contributed by atoms with Crippen LogP contribution < -0.4 is 33.5 Å². The van der Waals surface area contributed by atoms with Crippen molar-refractivity contribution in [2.45, 2.75) is 37.7 Å². The van der Waals surface area contributed by atoms with Gasteiger partial charge in [0.2, 0.25) is 0 Å². The molecule has 5 heteroatoms. The summed E-state index contributed by atoms with van der Waals surface area (Å²) < 4.78 is 12.2. The van der Waals surface area contributed by atoms with Gasteiger partial charge in [0, 0.05) is 5.56 Å². The van der Waals surface area contributed by atoms with Crippen LogP contribution in [-0.2, 0) is 5.60 Å². The highest BCUT2D eigenvalue weighted by Crippen LogP contribution is 2.41. The Hall–Kier alpha value is -1.31. The van der Waals surface area contributed by atoms with E-state index in [0.29, 0.717) is 12.2 Å². The molecule has 1 unspecified atom stereocenters. The minimum Gasteiger partial charge on any atom is -1.00 e. The molecule has 160 valence electrons. The number of likely N-dealkylation sites (tertiary alicyclic amines) is 1. The van der Waals surface area contributed by atoms with Crippen molar-refractivity contribution < 1.29 is 43.0 Å². The Balaban J connectivity index is 0.00000300. The van der Waals surface area contributed by atoms with Crippen molar-refractivity contribution in [3.05, 3.63) is 59.7 Å². The summed E-state index contributed by atoms with van der Waals surface area (Å²) in [5.41, 5.74) is 0.542. The van der Waals surface area contributed by atoms with Crippen molar-refractivity contribution >= 4 is 0 Å². The van der Waals surface area contributed by atoms with Crippen molar-refractivity contribution in [3.63, 3.8) is 0 Å². The third kappa shape index (κ3) is 5.64. The molecule has 1 heterocycles. The molecule has 1 aliphatic heterocycles. The third-order valence-corrected chi connectivity index (χ3v) is 6.24. The molecule has 3 rings (SSSR count). The fraction of sp³-hybridized carbons (Fsp3) is 0.500. The third-order valence-electron chi connectivity index (χ3n) is 6.24. The normalized spacial score (nSPS) is 17.7. The first-order valence-corrected chi connectivity index (χ1v) is 10.3. The van der Waals surface area contributed by atoms with E-state index in [-0.39, 0.29) is 24.0 Å². The molecule has 0 saturated carbocycles. The average molecular weight is 511 g/mol. The number of methoxy groups -OCH3 is 2. The fourth-order valence-corrected chi connectivity index (χ4v) is 4.50. The van der Waals surface area contributed by atoms with E-state index in [0.717, 1.165) is 34.3 Å². The zero-order chi connectivity index (χ0) is 20.0. The summed E-state index contributed by atoms with van der Waals surface area (Å²) in [7, 11) is 5.65. The fourth-order valence-electron chi connectivity index (χ4n) is 4.50. The van der Waals surface area contributed by atoms with Gasteiger partial charge >= 0.3 is 0 Å². The first kappa shape index (κ1) is 24.0. The van der Waals surface area contributed by atoms with Crippen LogP contribution in [0.2, 0.25) is 0 Å². The largest absolute Gasteiger partial charge is 1.00 e. The Morgan fingerprint density at radius 3 is 2.28 bits per heavy atom. The summed E-state index contributed by atoms with van der Waals surface area (Å²) in [6, 6.07) is 15.6. The predicted molar refractivity (Wildman–Crippen MR) is 113 cm³/mol. The van der Waals surface area contributed by atoms with Gasteiger partial charge < -0.3 is 43.0 Å². The van der Waals surface area contributed by atoms with Crippen LogP contribution in [0.4, 0.5) is 0 Å². The first-order valence-electron chi connectivity index (χ1n) is 10.3. The molecule has 0 spiro atoms. The van der Waals surface area contributed by atoms with Gasteiger partial charge in [0.1, 0.15) is 17.1 Å². The SMILES string of the molecule is COc1ccc(OC)c(C(O)(CCC[N+]2(C)CCCCC2)c2ccccc2)c1.[I-]. The molecule has 0 bridgehead atoms. The number of hydrogen-bond acceptors (Lipinski definition) is 3. The van der Waals surface area contributed by atoms with E-state index in [9.17, 15) is 5.11 Å². The highest BCUT2D eigenvalue weighted by molar-refractivity contribution is 5.48. The number of quaternary nitrogens is 1. The molecule has 0 aliphatic carbocycles. The van der Waals surface area contributed by atoms with Crippen LogP contribution in [0, 0.1) is 0 Å². The van der Waals surface area contributed by atoms with Crippen LogP contribution in [0.5, 0.6) is 11.5 Å². The van der Waals surface area contributed by atoms with Gasteiger partial charge in [-0.2, -0.15) is 0 Å². The smallest absolute Gasteiger partial charge is 0.125 e. The van der Waals surface area contributed by atoms with Crippen molar-refractivity contribution in [3.8, 4) is 11.5 Å². The monoisotopic (exact) mass is 511 g/mol. The molecule has 1 atom stereocenters. The second kappa shape index (κ2) is 10.6. The van der Waals surface area contributed by atoms with Crippen molar-refractivity contribution in [1.82, 2.24) is 0 Å². The van der Waals surface area contributed by atoms with Gasteiger partial charge in [-0.25, -0.2) is 0 Å². The number of nitrogens with zero attached hydrogens (tertiary/aromatic N) is 1. The number of halogens is 1. The maximum Gasteiger partial charge on any atom is 0.125 e. The Morgan fingerprint density at radius 1 is 0.966 bits per heavy atom. The second-order valence-electron chi connectivity index (χ2n) is 8.25. The zero-order valence-electron chi connectivity index (χ0n) is 17.9. The molecule has 2 aromatic carbocycles. The lowest BCUT2D eigenvalue weighted by atomic mass is 9.81. The number of ether oxygens (including phenoxy) is 2. The van der Waals surface area contributed by atoms with E-state index in [4.69, 9.17) is 9.47 Å². The molecule has 1 N–H and O–H groups in total. The number of aliphatic hydroxyl groups is 1. The molecular formula is C24H34INO3. The van der Waals surface area contributed by atoms with Gasteiger partial charge in [-0.3, -0.25) is 0 Å². The Bertz CT molecular complexity index is 762. The number of benzene rings is 2. The van der Waals surface area contributed by atoms with Crippen LogP contribution in [0.25, 0.3) is 0 Å². The van der Waals surface area contributed by atoms with Gasteiger partial charge in [-0.1, -0.05) is 30.3 Å². The van der Waals surface area contributed by atoms with Gasteiger partial charge in [0.15, 0.2) is 0 Å². The van der Waals surface area contributed by atoms with Crippen molar-refractivity contribution in [2.24, 2.45) is 0 Å². The lowest BCUT2D eigenvalue weighted by Gasteiger charge is -2.39. The van der Waals surface area contributed by atoms with E-state index < -0.39 is 5.60 Å².